The van der Waals surface area contributed by atoms with Crippen molar-refractivity contribution >= 4 is 41.0 Å². The molecular weight excluding hydrogens is 332 g/mol. The highest BCUT2D eigenvalue weighted by Gasteiger charge is 2.23. The Morgan fingerprint density at radius 3 is 1.69 bits per heavy atom. The van der Waals surface area contributed by atoms with Gasteiger partial charge in [-0.15, -0.1) is 0 Å². The first kappa shape index (κ1) is 17.0. The monoisotopic (exact) mass is 355 g/mol. The van der Waals surface area contributed by atoms with Crippen molar-refractivity contribution < 1.29 is 4.43 Å². The number of rotatable bonds is 6. The van der Waals surface area contributed by atoms with Gasteiger partial charge in [0.2, 0.25) is 0 Å². The summed E-state index contributed by atoms with van der Waals surface area (Å²) in [5, 5.41) is 7.89. The van der Waals surface area contributed by atoms with Crippen LogP contribution in [0, 0.1) is 0 Å². The van der Waals surface area contributed by atoms with Crippen molar-refractivity contribution in [3.8, 4) is 0 Å². The van der Waals surface area contributed by atoms with E-state index in [0.29, 0.717) is 0 Å². The Hall–Kier alpha value is -2.42. The van der Waals surface area contributed by atoms with E-state index in [1.165, 1.54) is 31.9 Å². The van der Waals surface area contributed by atoms with Gasteiger partial charge in [-0.2, -0.15) is 0 Å². The predicted molar refractivity (Wildman–Crippen MR) is 114 cm³/mol. The van der Waals surface area contributed by atoms with E-state index in [4.69, 9.17) is 4.43 Å². The van der Waals surface area contributed by atoms with Crippen LogP contribution in [0.3, 0.4) is 0 Å². The van der Waals surface area contributed by atoms with Crippen molar-refractivity contribution in [2.75, 3.05) is 6.61 Å². The molecule has 0 aliphatic rings. The SMILES string of the molecule is CCCCO[Si](c1cccc2ccccc12)c1cccc2ccccc12. The first-order valence-corrected chi connectivity index (χ1v) is 10.8. The third kappa shape index (κ3) is 3.30. The summed E-state index contributed by atoms with van der Waals surface area (Å²) < 4.78 is 6.57. The van der Waals surface area contributed by atoms with E-state index >= 15 is 0 Å². The minimum Gasteiger partial charge on any atom is -0.407 e. The van der Waals surface area contributed by atoms with E-state index in [1.54, 1.807) is 0 Å². The summed E-state index contributed by atoms with van der Waals surface area (Å²) in [4.78, 5) is 0. The molecule has 4 aromatic rings. The smallest absolute Gasteiger partial charge is 0.284 e. The Morgan fingerprint density at radius 1 is 0.654 bits per heavy atom. The third-order valence-electron chi connectivity index (χ3n) is 4.81. The van der Waals surface area contributed by atoms with Crippen molar-refractivity contribution in [3.05, 3.63) is 84.9 Å². The highest BCUT2D eigenvalue weighted by Crippen LogP contribution is 2.16. The summed E-state index contributed by atoms with van der Waals surface area (Å²) in [5.41, 5.74) is 0. The Bertz CT molecular complexity index is 935. The van der Waals surface area contributed by atoms with Crippen LogP contribution in [0.5, 0.6) is 0 Å². The van der Waals surface area contributed by atoms with Gasteiger partial charge < -0.3 is 4.43 Å². The number of fused-ring (bicyclic) bond motifs is 2. The van der Waals surface area contributed by atoms with Gasteiger partial charge in [0.15, 0.2) is 0 Å². The summed E-state index contributed by atoms with van der Waals surface area (Å²) in [6.45, 7) is 3.03. The fourth-order valence-corrected chi connectivity index (χ4v) is 5.86. The molecule has 2 heteroatoms. The van der Waals surface area contributed by atoms with Gasteiger partial charge in [0, 0.05) is 6.61 Å². The van der Waals surface area contributed by atoms with E-state index in [9.17, 15) is 0 Å². The van der Waals surface area contributed by atoms with Crippen LogP contribution in [-0.2, 0) is 4.43 Å². The van der Waals surface area contributed by atoms with Crippen LogP contribution < -0.4 is 10.4 Å². The standard InChI is InChI=1S/C24H23OSi/c1-2-3-18-25-26(23-16-8-12-19-10-4-6-14-21(19)23)24-17-9-13-20-11-5-7-15-22(20)24/h4-17H,2-3,18H2,1H3. The number of benzene rings is 4. The van der Waals surface area contributed by atoms with Crippen molar-refractivity contribution in [2.45, 2.75) is 19.8 Å². The second-order valence-corrected chi connectivity index (χ2v) is 8.61. The van der Waals surface area contributed by atoms with Crippen LogP contribution in [0.4, 0.5) is 0 Å². The summed E-state index contributed by atoms with van der Waals surface area (Å²) in [7, 11) is -1.32. The lowest BCUT2D eigenvalue weighted by Crippen LogP contribution is -2.46. The van der Waals surface area contributed by atoms with Gasteiger partial charge in [-0.1, -0.05) is 98.3 Å². The van der Waals surface area contributed by atoms with E-state index in [-0.39, 0.29) is 0 Å². The average molecular weight is 356 g/mol. The second-order valence-electron chi connectivity index (χ2n) is 6.58. The Morgan fingerprint density at radius 2 is 1.15 bits per heavy atom. The lowest BCUT2D eigenvalue weighted by molar-refractivity contribution is 0.324. The van der Waals surface area contributed by atoms with Gasteiger partial charge in [-0.3, -0.25) is 0 Å². The molecule has 0 aliphatic heterocycles. The van der Waals surface area contributed by atoms with Gasteiger partial charge >= 0.3 is 0 Å². The van der Waals surface area contributed by atoms with Gasteiger partial charge in [0.05, 0.1) is 0 Å². The maximum absolute atomic E-state index is 6.57. The van der Waals surface area contributed by atoms with Gasteiger partial charge in [-0.05, 0) is 38.3 Å². The zero-order valence-corrected chi connectivity index (χ0v) is 16.1. The van der Waals surface area contributed by atoms with Crippen LogP contribution in [0.15, 0.2) is 84.9 Å². The maximum atomic E-state index is 6.57. The maximum Gasteiger partial charge on any atom is 0.284 e. The molecule has 0 N–H and O–H groups in total. The molecule has 0 atom stereocenters. The largest absolute Gasteiger partial charge is 0.407 e. The zero-order chi connectivity index (χ0) is 17.8. The molecule has 0 unspecified atom stereocenters. The Balaban J connectivity index is 1.89. The molecule has 4 aromatic carbocycles. The third-order valence-corrected chi connectivity index (χ3v) is 7.16. The Labute approximate surface area is 157 Å². The molecular formula is C24H23OSi. The minimum atomic E-state index is -1.32. The summed E-state index contributed by atoms with van der Waals surface area (Å²) in [5.74, 6) is 0. The molecule has 1 nitrogen and oxygen atoms in total. The number of hydrogen-bond acceptors (Lipinski definition) is 1. The molecule has 0 saturated heterocycles. The molecule has 4 rings (SSSR count). The van der Waals surface area contributed by atoms with Gasteiger partial charge in [0.25, 0.3) is 9.04 Å². The molecule has 0 saturated carbocycles. The van der Waals surface area contributed by atoms with E-state index in [0.717, 1.165) is 19.4 Å². The molecule has 1 radical (unpaired) electrons. The van der Waals surface area contributed by atoms with Gasteiger partial charge in [0.1, 0.15) is 0 Å². The fraction of sp³-hybridized carbons (Fsp3) is 0.167. The van der Waals surface area contributed by atoms with Crippen LogP contribution >= 0.6 is 0 Å². The minimum absolute atomic E-state index is 0.817. The van der Waals surface area contributed by atoms with E-state index in [1.807, 2.05) is 0 Å². The highest BCUT2D eigenvalue weighted by atomic mass is 28.3. The second kappa shape index (κ2) is 7.86. The first-order valence-electron chi connectivity index (χ1n) is 9.34. The van der Waals surface area contributed by atoms with Gasteiger partial charge in [-0.25, -0.2) is 0 Å². The van der Waals surface area contributed by atoms with Crippen LogP contribution in [0.1, 0.15) is 19.8 Å². The fourth-order valence-electron chi connectivity index (χ4n) is 3.47. The van der Waals surface area contributed by atoms with E-state index in [2.05, 4.69) is 91.9 Å². The van der Waals surface area contributed by atoms with Crippen LogP contribution in [0.2, 0.25) is 0 Å². The molecule has 129 valence electrons. The molecule has 0 bridgehead atoms. The Kier molecular flexibility index (Phi) is 5.14. The zero-order valence-electron chi connectivity index (χ0n) is 15.1. The van der Waals surface area contributed by atoms with Crippen molar-refractivity contribution in [3.63, 3.8) is 0 Å². The van der Waals surface area contributed by atoms with Crippen LogP contribution in [0.25, 0.3) is 21.5 Å². The molecule has 0 spiro atoms. The molecule has 0 amide bonds. The number of unbranched alkanes of at least 4 members (excludes halogenated alkanes) is 1. The predicted octanol–water partition coefficient (Wildman–Crippen LogP) is 4.92. The van der Waals surface area contributed by atoms with Crippen LogP contribution in [-0.4, -0.2) is 15.6 Å². The van der Waals surface area contributed by atoms with Crippen molar-refractivity contribution in [1.82, 2.24) is 0 Å². The lowest BCUT2D eigenvalue weighted by Gasteiger charge is -2.20. The molecule has 0 aliphatic carbocycles. The van der Waals surface area contributed by atoms with Crippen molar-refractivity contribution in [2.24, 2.45) is 0 Å². The lowest BCUT2D eigenvalue weighted by atomic mass is 10.1. The molecule has 0 fully saturated rings. The average Bonchev–Trinajstić information content (AvgIpc) is 2.71. The summed E-state index contributed by atoms with van der Waals surface area (Å²) in [6, 6.07) is 30.5. The summed E-state index contributed by atoms with van der Waals surface area (Å²) in [6.07, 6.45) is 2.25. The normalized spacial score (nSPS) is 11.5. The van der Waals surface area contributed by atoms with E-state index < -0.39 is 9.04 Å². The molecule has 26 heavy (non-hydrogen) atoms. The summed E-state index contributed by atoms with van der Waals surface area (Å²) >= 11 is 0. The molecule has 0 aromatic heterocycles. The number of hydrogen-bond donors (Lipinski definition) is 0. The quantitative estimate of drug-likeness (QED) is 0.352. The van der Waals surface area contributed by atoms with Crippen molar-refractivity contribution in [1.29, 1.82) is 0 Å². The first-order chi connectivity index (χ1) is 12.9. The topological polar surface area (TPSA) is 9.23 Å². The molecule has 0 heterocycles. The highest BCUT2D eigenvalue weighted by molar-refractivity contribution is 6.83.